The average molecular weight is 291 g/mol. The normalized spacial score (nSPS) is 11.8. The molecule has 0 aromatic carbocycles. The molecule has 0 aliphatic heterocycles. The van der Waals surface area contributed by atoms with Crippen molar-refractivity contribution in [3.05, 3.63) is 27.7 Å². The number of rotatable bonds is 4. The molecule has 12 heteroatoms. The number of hydrogen-bond donors (Lipinski definition) is 0. The highest BCUT2D eigenvalue weighted by molar-refractivity contribution is 5.21. The van der Waals surface area contributed by atoms with Gasteiger partial charge in [-0.1, -0.05) is 0 Å². The van der Waals surface area contributed by atoms with Crippen LogP contribution < -0.4 is 0 Å². The van der Waals surface area contributed by atoms with Crippen molar-refractivity contribution < 1.29 is 18.1 Å². The van der Waals surface area contributed by atoms with Gasteiger partial charge in [0.25, 0.3) is 0 Å². The van der Waals surface area contributed by atoms with Gasteiger partial charge in [-0.25, -0.2) is 4.68 Å². The van der Waals surface area contributed by atoms with E-state index in [9.17, 15) is 23.3 Å². The minimum Gasteiger partial charge on any atom is -0.358 e. The molecule has 2 heterocycles. The maximum Gasteiger partial charge on any atom is 0.408 e. The molecule has 0 unspecified atom stereocenters. The largest absolute Gasteiger partial charge is 0.408 e. The van der Waals surface area contributed by atoms with Crippen LogP contribution in [0.5, 0.6) is 0 Å². The number of halogens is 3. The second-order valence-corrected chi connectivity index (χ2v) is 3.93. The smallest absolute Gasteiger partial charge is 0.358 e. The fraction of sp³-hybridized carbons (Fsp3) is 0.500. The summed E-state index contributed by atoms with van der Waals surface area (Å²) in [5, 5.41) is 24.1. The fourth-order valence-corrected chi connectivity index (χ4v) is 1.51. The van der Waals surface area contributed by atoms with Gasteiger partial charge in [0.2, 0.25) is 0 Å². The molecule has 0 saturated carbocycles. The van der Waals surface area contributed by atoms with Gasteiger partial charge in [-0.2, -0.15) is 17.9 Å². The third kappa shape index (κ3) is 3.07. The first-order chi connectivity index (χ1) is 9.26. The standard InChI is InChI=1S/C8H8F3N7O2/c1-5-2-6(18(19)20)13-16(5)3-7-12-14-15-17(7)4-8(9,10)11/h2H,3-4H2,1H3. The van der Waals surface area contributed by atoms with Gasteiger partial charge in [0.05, 0.1) is 16.9 Å². The number of nitrogens with zero attached hydrogens (tertiary/aromatic N) is 7. The van der Waals surface area contributed by atoms with Crippen molar-refractivity contribution in [3.8, 4) is 0 Å². The van der Waals surface area contributed by atoms with Crippen LogP contribution in [0.3, 0.4) is 0 Å². The summed E-state index contributed by atoms with van der Waals surface area (Å²) in [6.45, 7) is 0.0123. The molecule has 2 aromatic rings. The number of tetrazole rings is 1. The Hall–Kier alpha value is -2.53. The monoisotopic (exact) mass is 291 g/mol. The summed E-state index contributed by atoms with van der Waals surface area (Å²) in [6, 6.07) is 1.21. The Balaban J connectivity index is 2.23. The van der Waals surface area contributed by atoms with Crippen LogP contribution >= 0.6 is 0 Å². The first-order valence-corrected chi connectivity index (χ1v) is 5.27. The molecule has 108 valence electrons. The van der Waals surface area contributed by atoms with E-state index in [1.807, 2.05) is 0 Å². The van der Waals surface area contributed by atoms with Gasteiger partial charge >= 0.3 is 12.0 Å². The predicted molar refractivity (Wildman–Crippen MR) is 56.6 cm³/mol. The second kappa shape index (κ2) is 4.86. The quantitative estimate of drug-likeness (QED) is 0.606. The van der Waals surface area contributed by atoms with Crippen molar-refractivity contribution in [2.24, 2.45) is 0 Å². The van der Waals surface area contributed by atoms with Gasteiger partial charge in [0.15, 0.2) is 5.82 Å². The molecule has 0 bridgehead atoms. The van der Waals surface area contributed by atoms with Gasteiger partial charge in [-0.3, -0.25) is 0 Å². The number of nitro groups is 1. The number of alkyl halides is 3. The minimum atomic E-state index is -4.46. The molecule has 0 spiro atoms. The molecule has 0 N–H and O–H groups in total. The lowest BCUT2D eigenvalue weighted by Gasteiger charge is -2.07. The van der Waals surface area contributed by atoms with Crippen molar-refractivity contribution in [2.75, 3.05) is 0 Å². The Morgan fingerprint density at radius 3 is 2.65 bits per heavy atom. The highest BCUT2D eigenvalue weighted by atomic mass is 19.4. The highest BCUT2D eigenvalue weighted by Gasteiger charge is 2.30. The summed E-state index contributed by atoms with van der Waals surface area (Å²) >= 11 is 0. The zero-order valence-electron chi connectivity index (χ0n) is 10.1. The minimum absolute atomic E-state index is 0.0941. The van der Waals surface area contributed by atoms with Crippen molar-refractivity contribution in [1.82, 2.24) is 30.0 Å². The van der Waals surface area contributed by atoms with Crippen LogP contribution in [0.1, 0.15) is 11.5 Å². The number of hydrogen-bond acceptors (Lipinski definition) is 6. The summed E-state index contributed by atoms with van der Waals surface area (Å²) in [7, 11) is 0. The molecule has 0 radical (unpaired) electrons. The van der Waals surface area contributed by atoms with Crippen LogP contribution in [-0.2, 0) is 13.1 Å². The van der Waals surface area contributed by atoms with Crippen LogP contribution in [0.25, 0.3) is 0 Å². The summed E-state index contributed by atoms with van der Waals surface area (Å²) in [6.07, 6.45) is -4.46. The van der Waals surface area contributed by atoms with E-state index in [0.29, 0.717) is 10.4 Å². The zero-order chi connectivity index (χ0) is 14.9. The fourth-order valence-electron chi connectivity index (χ4n) is 1.51. The van der Waals surface area contributed by atoms with E-state index in [1.54, 1.807) is 0 Å². The lowest BCUT2D eigenvalue weighted by molar-refractivity contribution is -0.389. The number of aromatic nitrogens is 6. The SMILES string of the molecule is Cc1cc([N+](=O)[O-])nn1Cc1nnnn1CC(F)(F)F. The van der Waals surface area contributed by atoms with Crippen molar-refractivity contribution in [1.29, 1.82) is 0 Å². The van der Waals surface area contributed by atoms with Crippen LogP contribution in [0.2, 0.25) is 0 Å². The van der Waals surface area contributed by atoms with Gasteiger partial charge in [-0.15, -0.1) is 5.10 Å². The molecule has 2 rings (SSSR count). The first-order valence-electron chi connectivity index (χ1n) is 5.27. The Labute approximate surface area is 109 Å². The third-order valence-electron chi connectivity index (χ3n) is 2.38. The second-order valence-electron chi connectivity index (χ2n) is 3.93. The molecule has 0 saturated heterocycles. The lowest BCUT2D eigenvalue weighted by Crippen LogP contribution is -2.22. The van der Waals surface area contributed by atoms with E-state index in [-0.39, 0.29) is 12.4 Å². The molecule has 20 heavy (non-hydrogen) atoms. The van der Waals surface area contributed by atoms with Gasteiger partial charge in [0, 0.05) is 0 Å². The van der Waals surface area contributed by atoms with E-state index >= 15 is 0 Å². The molecule has 0 aliphatic carbocycles. The van der Waals surface area contributed by atoms with Crippen molar-refractivity contribution in [2.45, 2.75) is 26.2 Å². The molecule has 0 amide bonds. The molecule has 0 atom stereocenters. The van der Waals surface area contributed by atoms with Crippen LogP contribution in [0, 0.1) is 17.0 Å². The van der Waals surface area contributed by atoms with E-state index in [0.717, 1.165) is 4.68 Å². The Bertz CT molecular complexity index is 632. The molecular weight excluding hydrogens is 283 g/mol. The Morgan fingerprint density at radius 1 is 1.40 bits per heavy atom. The molecular formula is C8H8F3N7O2. The average Bonchev–Trinajstić information content (AvgIpc) is 2.86. The van der Waals surface area contributed by atoms with E-state index < -0.39 is 23.5 Å². The molecule has 9 nitrogen and oxygen atoms in total. The van der Waals surface area contributed by atoms with Crippen LogP contribution in [0.4, 0.5) is 19.0 Å². The maximum atomic E-state index is 12.3. The summed E-state index contributed by atoms with van der Waals surface area (Å²) in [5.41, 5.74) is 0.415. The predicted octanol–water partition coefficient (Wildman–Crippen LogP) is 0.697. The Kier molecular flexibility index (Phi) is 3.38. The third-order valence-corrected chi connectivity index (χ3v) is 2.38. The first kappa shape index (κ1) is 13.9. The van der Waals surface area contributed by atoms with E-state index in [4.69, 9.17) is 0 Å². The Morgan fingerprint density at radius 2 is 2.10 bits per heavy atom. The van der Waals surface area contributed by atoms with Gasteiger partial charge in [-0.05, 0) is 22.3 Å². The van der Waals surface area contributed by atoms with E-state index in [2.05, 4.69) is 20.6 Å². The van der Waals surface area contributed by atoms with Crippen LogP contribution in [0.15, 0.2) is 6.07 Å². The lowest BCUT2D eigenvalue weighted by atomic mass is 10.4. The highest BCUT2D eigenvalue weighted by Crippen LogP contribution is 2.18. The van der Waals surface area contributed by atoms with Gasteiger partial charge in [0.1, 0.15) is 13.1 Å². The molecule has 0 aliphatic rings. The summed E-state index contributed by atoms with van der Waals surface area (Å²) in [5.74, 6) is -0.485. The van der Waals surface area contributed by atoms with Crippen molar-refractivity contribution >= 4 is 5.82 Å². The van der Waals surface area contributed by atoms with Crippen LogP contribution in [-0.4, -0.2) is 41.1 Å². The summed E-state index contributed by atoms with van der Waals surface area (Å²) in [4.78, 5) is 9.87. The number of aryl methyl sites for hydroxylation is 1. The summed E-state index contributed by atoms with van der Waals surface area (Å²) < 4.78 is 38.6. The zero-order valence-corrected chi connectivity index (χ0v) is 10.1. The topological polar surface area (TPSA) is 105 Å². The van der Waals surface area contributed by atoms with E-state index in [1.165, 1.54) is 13.0 Å². The maximum absolute atomic E-state index is 12.3. The molecule has 0 fully saturated rings. The molecule has 2 aromatic heterocycles. The van der Waals surface area contributed by atoms with Crippen molar-refractivity contribution in [3.63, 3.8) is 0 Å². The van der Waals surface area contributed by atoms with Gasteiger partial charge < -0.3 is 10.1 Å².